The molecule has 80 valence electrons. The Morgan fingerprint density at radius 2 is 1.88 bits per heavy atom. The third kappa shape index (κ3) is 2.50. The van der Waals surface area contributed by atoms with Crippen LogP contribution >= 0.6 is 11.6 Å². The molecular weight excluding hydrogens is 218 g/mol. The van der Waals surface area contributed by atoms with Gasteiger partial charge in [-0.15, -0.1) is 0 Å². The molecule has 0 saturated carbocycles. The van der Waals surface area contributed by atoms with Crippen LogP contribution in [0.25, 0.3) is 11.6 Å². The van der Waals surface area contributed by atoms with E-state index in [2.05, 4.69) is 4.98 Å². The molecule has 0 N–H and O–H groups in total. The third-order valence-corrected chi connectivity index (χ3v) is 2.69. The van der Waals surface area contributed by atoms with Crippen LogP contribution < -0.4 is 0 Å². The van der Waals surface area contributed by atoms with Gasteiger partial charge in [0.25, 0.3) is 0 Å². The lowest BCUT2D eigenvalue weighted by Crippen LogP contribution is -1.84. The lowest BCUT2D eigenvalue weighted by atomic mass is 10.1. The van der Waals surface area contributed by atoms with Crippen molar-refractivity contribution in [3.8, 4) is 0 Å². The Morgan fingerprint density at radius 3 is 2.56 bits per heavy atom. The molecule has 0 aliphatic carbocycles. The number of aromatic nitrogens is 1. The van der Waals surface area contributed by atoms with E-state index in [1.54, 1.807) is 6.20 Å². The molecule has 0 spiro atoms. The van der Waals surface area contributed by atoms with Gasteiger partial charge in [-0.2, -0.15) is 0 Å². The maximum Gasteiger partial charge on any atom is 0.0658 e. The normalized spacial score (nSPS) is 11.5. The lowest BCUT2D eigenvalue weighted by Gasteiger charge is -2.02. The molecule has 0 aliphatic rings. The topological polar surface area (TPSA) is 12.9 Å². The SMILES string of the molecule is CC(=Cc1ccccc1Cl)c1ccccn1. The fourth-order valence-corrected chi connectivity index (χ4v) is 1.69. The van der Waals surface area contributed by atoms with Crippen LogP contribution in [-0.4, -0.2) is 4.98 Å². The molecule has 0 unspecified atom stereocenters. The Hall–Kier alpha value is -1.60. The van der Waals surface area contributed by atoms with E-state index < -0.39 is 0 Å². The van der Waals surface area contributed by atoms with Crippen LogP contribution in [0.5, 0.6) is 0 Å². The Morgan fingerprint density at radius 1 is 1.12 bits per heavy atom. The lowest BCUT2D eigenvalue weighted by molar-refractivity contribution is 1.27. The second kappa shape index (κ2) is 4.95. The summed E-state index contributed by atoms with van der Waals surface area (Å²) in [4.78, 5) is 4.29. The van der Waals surface area contributed by atoms with Crippen molar-refractivity contribution in [3.05, 3.63) is 64.9 Å². The highest BCUT2D eigenvalue weighted by Gasteiger charge is 1.99. The predicted molar refractivity (Wildman–Crippen MR) is 69.2 cm³/mol. The van der Waals surface area contributed by atoms with E-state index in [9.17, 15) is 0 Å². The molecule has 0 bridgehead atoms. The first-order valence-electron chi connectivity index (χ1n) is 5.11. The van der Waals surface area contributed by atoms with E-state index in [0.29, 0.717) is 0 Å². The van der Waals surface area contributed by atoms with E-state index in [4.69, 9.17) is 11.6 Å². The van der Waals surface area contributed by atoms with Crippen molar-refractivity contribution in [1.29, 1.82) is 0 Å². The second-order valence-electron chi connectivity index (χ2n) is 3.56. The van der Waals surface area contributed by atoms with Gasteiger partial charge < -0.3 is 0 Å². The van der Waals surface area contributed by atoms with E-state index in [0.717, 1.165) is 21.9 Å². The molecule has 2 rings (SSSR count). The van der Waals surface area contributed by atoms with Gasteiger partial charge in [-0.3, -0.25) is 4.98 Å². The van der Waals surface area contributed by atoms with Crippen LogP contribution in [0.4, 0.5) is 0 Å². The molecule has 1 nitrogen and oxygen atoms in total. The number of allylic oxidation sites excluding steroid dienone is 1. The largest absolute Gasteiger partial charge is 0.257 e. The predicted octanol–water partition coefficient (Wildman–Crippen LogP) is 4.30. The van der Waals surface area contributed by atoms with Gasteiger partial charge in [-0.25, -0.2) is 0 Å². The number of hydrogen-bond acceptors (Lipinski definition) is 1. The van der Waals surface area contributed by atoms with Crippen LogP contribution in [0.15, 0.2) is 48.7 Å². The first-order chi connectivity index (χ1) is 7.77. The van der Waals surface area contributed by atoms with Crippen molar-refractivity contribution in [1.82, 2.24) is 4.98 Å². The zero-order valence-corrected chi connectivity index (χ0v) is 9.78. The van der Waals surface area contributed by atoms with Crippen molar-refractivity contribution in [2.75, 3.05) is 0 Å². The zero-order valence-electron chi connectivity index (χ0n) is 9.02. The minimum Gasteiger partial charge on any atom is -0.257 e. The second-order valence-corrected chi connectivity index (χ2v) is 3.97. The van der Waals surface area contributed by atoms with Crippen LogP contribution in [0.3, 0.4) is 0 Å². The molecule has 16 heavy (non-hydrogen) atoms. The molecule has 0 atom stereocenters. The molecule has 0 saturated heterocycles. The quantitative estimate of drug-likeness (QED) is 0.749. The molecule has 2 heteroatoms. The van der Waals surface area contributed by atoms with Gasteiger partial charge in [-0.05, 0) is 42.3 Å². The Balaban J connectivity index is 2.36. The summed E-state index contributed by atoms with van der Waals surface area (Å²) in [7, 11) is 0. The van der Waals surface area contributed by atoms with E-state index in [1.165, 1.54) is 0 Å². The monoisotopic (exact) mass is 229 g/mol. The molecular formula is C14H12ClN. The summed E-state index contributed by atoms with van der Waals surface area (Å²) in [5.41, 5.74) is 3.10. The zero-order chi connectivity index (χ0) is 11.4. The summed E-state index contributed by atoms with van der Waals surface area (Å²) in [5, 5.41) is 0.762. The average molecular weight is 230 g/mol. The highest BCUT2D eigenvalue weighted by atomic mass is 35.5. The van der Waals surface area contributed by atoms with E-state index in [1.807, 2.05) is 55.5 Å². The minimum absolute atomic E-state index is 0.762. The summed E-state index contributed by atoms with van der Waals surface area (Å²) >= 11 is 6.09. The molecule has 1 aromatic heterocycles. The highest BCUT2D eigenvalue weighted by Crippen LogP contribution is 2.21. The summed E-state index contributed by atoms with van der Waals surface area (Å²) in [5.74, 6) is 0. The maximum absolute atomic E-state index is 6.09. The van der Waals surface area contributed by atoms with Gasteiger partial charge >= 0.3 is 0 Å². The van der Waals surface area contributed by atoms with Gasteiger partial charge in [0.05, 0.1) is 5.69 Å². The van der Waals surface area contributed by atoms with Crippen molar-refractivity contribution < 1.29 is 0 Å². The molecule has 2 aromatic rings. The van der Waals surface area contributed by atoms with Crippen LogP contribution in [0.2, 0.25) is 5.02 Å². The molecule has 1 heterocycles. The van der Waals surface area contributed by atoms with Crippen molar-refractivity contribution in [3.63, 3.8) is 0 Å². The minimum atomic E-state index is 0.762. The first-order valence-corrected chi connectivity index (χ1v) is 5.49. The molecule has 0 amide bonds. The molecule has 1 aromatic carbocycles. The molecule has 0 radical (unpaired) electrons. The highest BCUT2D eigenvalue weighted by molar-refractivity contribution is 6.32. The first kappa shape index (κ1) is 10.9. The third-order valence-electron chi connectivity index (χ3n) is 2.35. The summed E-state index contributed by atoms with van der Waals surface area (Å²) in [6.45, 7) is 2.03. The van der Waals surface area contributed by atoms with Crippen molar-refractivity contribution in [2.45, 2.75) is 6.92 Å². The van der Waals surface area contributed by atoms with Gasteiger partial charge in [0, 0.05) is 11.2 Å². The molecule has 0 fully saturated rings. The number of pyridine rings is 1. The van der Waals surface area contributed by atoms with Gasteiger partial charge in [0.2, 0.25) is 0 Å². The van der Waals surface area contributed by atoms with E-state index >= 15 is 0 Å². The summed E-state index contributed by atoms with van der Waals surface area (Å²) < 4.78 is 0. The van der Waals surface area contributed by atoms with Crippen LogP contribution in [0.1, 0.15) is 18.2 Å². The van der Waals surface area contributed by atoms with Gasteiger partial charge in [0.15, 0.2) is 0 Å². The fraction of sp³-hybridized carbons (Fsp3) is 0.0714. The number of nitrogens with zero attached hydrogens (tertiary/aromatic N) is 1. The van der Waals surface area contributed by atoms with Gasteiger partial charge in [-0.1, -0.05) is 35.9 Å². The Labute approximate surface area is 100 Å². The fourth-order valence-electron chi connectivity index (χ4n) is 1.50. The number of benzene rings is 1. The Bertz CT molecular complexity index is 503. The number of hydrogen-bond donors (Lipinski definition) is 0. The van der Waals surface area contributed by atoms with Crippen LogP contribution in [0, 0.1) is 0 Å². The van der Waals surface area contributed by atoms with E-state index in [-0.39, 0.29) is 0 Å². The average Bonchev–Trinajstić information content (AvgIpc) is 2.33. The molecule has 0 aliphatic heterocycles. The smallest absolute Gasteiger partial charge is 0.0658 e. The van der Waals surface area contributed by atoms with Crippen molar-refractivity contribution in [2.24, 2.45) is 0 Å². The standard InChI is InChI=1S/C14H12ClN/c1-11(14-8-4-5-9-16-14)10-12-6-2-3-7-13(12)15/h2-10H,1H3. The maximum atomic E-state index is 6.09. The van der Waals surface area contributed by atoms with Crippen molar-refractivity contribution >= 4 is 23.3 Å². The van der Waals surface area contributed by atoms with Crippen LogP contribution in [-0.2, 0) is 0 Å². The Kier molecular flexibility index (Phi) is 3.37. The summed E-state index contributed by atoms with van der Waals surface area (Å²) in [6.07, 6.45) is 3.84. The summed E-state index contributed by atoms with van der Waals surface area (Å²) in [6, 6.07) is 13.7. The number of halogens is 1. The number of rotatable bonds is 2. The van der Waals surface area contributed by atoms with Gasteiger partial charge in [0.1, 0.15) is 0 Å².